The van der Waals surface area contributed by atoms with Crippen molar-refractivity contribution >= 4 is 0 Å². The van der Waals surface area contributed by atoms with Crippen LogP contribution in [0, 0.1) is 0 Å². The fourth-order valence-electron chi connectivity index (χ4n) is 2.27. The van der Waals surface area contributed by atoms with Crippen molar-refractivity contribution in [2.45, 2.75) is 25.4 Å². The third kappa shape index (κ3) is 2.64. The van der Waals surface area contributed by atoms with Gasteiger partial charge < -0.3 is 14.9 Å². The van der Waals surface area contributed by atoms with Gasteiger partial charge in [-0.3, -0.25) is 4.90 Å². The molecule has 0 aromatic carbocycles. The fourth-order valence-corrected chi connectivity index (χ4v) is 2.27. The zero-order chi connectivity index (χ0) is 11.4. The van der Waals surface area contributed by atoms with Crippen LogP contribution < -0.4 is 5.73 Å². The Kier molecular flexibility index (Phi) is 3.98. The lowest BCUT2D eigenvalue weighted by Gasteiger charge is -2.31. The molecule has 1 fully saturated rings. The zero-order valence-corrected chi connectivity index (χ0v) is 9.76. The molecule has 2 rings (SSSR count). The molecule has 4 heteroatoms. The summed E-state index contributed by atoms with van der Waals surface area (Å²) in [5, 5.41) is 0. The summed E-state index contributed by atoms with van der Waals surface area (Å²) in [6.45, 7) is 5.60. The zero-order valence-electron chi connectivity index (χ0n) is 9.76. The molecule has 1 aromatic rings. The smallest absolute Gasteiger partial charge is 0.122 e. The quantitative estimate of drug-likeness (QED) is 0.843. The van der Waals surface area contributed by atoms with E-state index in [1.165, 1.54) is 0 Å². The van der Waals surface area contributed by atoms with Gasteiger partial charge in [0, 0.05) is 25.7 Å². The lowest BCUT2D eigenvalue weighted by molar-refractivity contribution is 0.120. The SMILES string of the molecule is CC(N)C(c1ccco1)N1CCCOCC1. The molecule has 2 unspecified atom stereocenters. The van der Waals surface area contributed by atoms with Gasteiger partial charge in [0.25, 0.3) is 0 Å². The number of hydrogen-bond acceptors (Lipinski definition) is 4. The van der Waals surface area contributed by atoms with Crippen LogP contribution in [0.2, 0.25) is 0 Å². The number of nitrogens with zero attached hydrogens (tertiary/aromatic N) is 1. The van der Waals surface area contributed by atoms with E-state index in [1.807, 2.05) is 19.1 Å². The van der Waals surface area contributed by atoms with E-state index in [0.29, 0.717) is 0 Å². The second-order valence-electron chi connectivity index (χ2n) is 4.32. The van der Waals surface area contributed by atoms with Gasteiger partial charge in [-0.2, -0.15) is 0 Å². The number of hydrogen-bond donors (Lipinski definition) is 1. The molecule has 2 atom stereocenters. The summed E-state index contributed by atoms with van der Waals surface area (Å²) in [7, 11) is 0. The molecule has 16 heavy (non-hydrogen) atoms. The molecular weight excluding hydrogens is 204 g/mol. The molecule has 2 heterocycles. The van der Waals surface area contributed by atoms with Crippen molar-refractivity contribution < 1.29 is 9.15 Å². The summed E-state index contributed by atoms with van der Waals surface area (Å²) < 4.78 is 10.9. The highest BCUT2D eigenvalue weighted by Crippen LogP contribution is 2.24. The highest BCUT2D eigenvalue weighted by Gasteiger charge is 2.26. The van der Waals surface area contributed by atoms with Crippen LogP contribution in [0.25, 0.3) is 0 Å². The van der Waals surface area contributed by atoms with Crippen LogP contribution >= 0.6 is 0 Å². The summed E-state index contributed by atoms with van der Waals surface area (Å²) >= 11 is 0. The predicted octanol–water partition coefficient (Wildman–Crippen LogP) is 1.39. The Bertz CT molecular complexity index is 290. The lowest BCUT2D eigenvalue weighted by Crippen LogP contribution is -2.40. The molecule has 1 saturated heterocycles. The Morgan fingerprint density at radius 3 is 2.94 bits per heavy atom. The molecule has 0 radical (unpaired) electrons. The maximum atomic E-state index is 6.07. The first-order valence-electron chi connectivity index (χ1n) is 5.90. The van der Waals surface area contributed by atoms with Crippen molar-refractivity contribution in [3.05, 3.63) is 24.2 Å². The molecule has 0 saturated carbocycles. The van der Waals surface area contributed by atoms with Gasteiger partial charge in [-0.1, -0.05) is 0 Å². The van der Waals surface area contributed by atoms with Crippen LogP contribution in [0.4, 0.5) is 0 Å². The highest BCUT2D eigenvalue weighted by atomic mass is 16.5. The van der Waals surface area contributed by atoms with Gasteiger partial charge in [0.05, 0.1) is 18.9 Å². The van der Waals surface area contributed by atoms with E-state index in [4.69, 9.17) is 14.9 Å². The second kappa shape index (κ2) is 5.48. The minimum Gasteiger partial charge on any atom is -0.468 e. The van der Waals surface area contributed by atoms with Crippen LogP contribution in [-0.2, 0) is 4.74 Å². The maximum Gasteiger partial charge on any atom is 0.122 e. The number of rotatable bonds is 3. The van der Waals surface area contributed by atoms with Crippen molar-refractivity contribution in [1.82, 2.24) is 4.90 Å². The first kappa shape index (κ1) is 11.6. The van der Waals surface area contributed by atoms with E-state index in [9.17, 15) is 0 Å². The summed E-state index contributed by atoms with van der Waals surface area (Å²) in [5.74, 6) is 0.955. The lowest BCUT2D eigenvalue weighted by atomic mass is 10.1. The van der Waals surface area contributed by atoms with E-state index in [1.54, 1.807) is 6.26 Å². The number of ether oxygens (including phenoxy) is 1. The third-order valence-corrected chi connectivity index (χ3v) is 2.98. The molecule has 0 amide bonds. The highest BCUT2D eigenvalue weighted by molar-refractivity contribution is 5.07. The summed E-state index contributed by atoms with van der Waals surface area (Å²) in [5.41, 5.74) is 6.07. The second-order valence-corrected chi connectivity index (χ2v) is 4.32. The monoisotopic (exact) mass is 224 g/mol. The number of nitrogens with two attached hydrogens (primary N) is 1. The van der Waals surface area contributed by atoms with E-state index < -0.39 is 0 Å². The maximum absolute atomic E-state index is 6.07. The van der Waals surface area contributed by atoms with Crippen LogP contribution in [0.3, 0.4) is 0 Å². The van der Waals surface area contributed by atoms with Gasteiger partial charge >= 0.3 is 0 Å². The van der Waals surface area contributed by atoms with Gasteiger partial charge in [-0.15, -0.1) is 0 Å². The van der Waals surface area contributed by atoms with E-state index in [2.05, 4.69) is 4.90 Å². The van der Waals surface area contributed by atoms with Crippen LogP contribution in [0.15, 0.2) is 22.8 Å². The van der Waals surface area contributed by atoms with Crippen LogP contribution in [0.5, 0.6) is 0 Å². The fraction of sp³-hybridized carbons (Fsp3) is 0.667. The van der Waals surface area contributed by atoms with E-state index in [0.717, 1.165) is 38.5 Å². The van der Waals surface area contributed by atoms with Crippen molar-refractivity contribution in [2.75, 3.05) is 26.3 Å². The van der Waals surface area contributed by atoms with E-state index in [-0.39, 0.29) is 12.1 Å². The molecule has 2 N–H and O–H groups in total. The van der Waals surface area contributed by atoms with E-state index >= 15 is 0 Å². The van der Waals surface area contributed by atoms with Crippen LogP contribution in [-0.4, -0.2) is 37.2 Å². The number of furan rings is 1. The normalized spacial score (nSPS) is 22.6. The summed E-state index contributed by atoms with van der Waals surface area (Å²) in [6.07, 6.45) is 2.77. The van der Waals surface area contributed by atoms with Gasteiger partial charge in [0.2, 0.25) is 0 Å². The first-order chi connectivity index (χ1) is 7.79. The molecule has 1 aromatic heterocycles. The Morgan fingerprint density at radius 2 is 2.25 bits per heavy atom. The Morgan fingerprint density at radius 1 is 1.38 bits per heavy atom. The molecule has 1 aliphatic rings. The van der Waals surface area contributed by atoms with Gasteiger partial charge in [0.1, 0.15) is 5.76 Å². The molecule has 4 nitrogen and oxygen atoms in total. The van der Waals surface area contributed by atoms with Crippen molar-refractivity contribution in [3.8, 4) is 0 Å². The molecule has 1 aliphatic heterocycles. The first-order valence-corrected chi connectivity index (χ1v) is 5.90. The third-order valence-electron chi connectivity index (χ3n) is 2.98. The molecule has 0 bridgehead atoms. The minimum atomic E-state index is 0.0595. The molecule has 0 spiro atoms. The molecule has 0 aliphatic carbocycles. The van der Waals surface area contributed by atoms with Gasteiger partial charge in [-0.25, -0.2) is 0 Å². The average Bonchev–Trinajstić information content (AvgIpc) is 2.62. The summed E-state index contributed by atoms with van der Waals surface area (Å²) in [4.78, 5) is 2.36. The Hall–Kier alpha value is -0.840. The van der Waals surface area contributed by atoms with Gasteiger partial charge in [-0.05, 0) is 25.5 Å². The summed E-state index contributed by atoms with van der Waals surface area (Å²) in [6, 6.07) is 4.14. The standard InChI is InChI=1S/C12H20N2O2/c1-10(13)12(11-4-2-8-16-11)14-5-3-7-15-9-6-14/h2,4,8,10,12H,3,5-7,9,13H2,1H3. The van der Waals surface area contributed by atoms with Crippen molar-refractivity contribution in [2.24, 2.45) is 5.73 Å². The molecule has 90 valence electrons. The average molecular weight is 224 g/mol. The van der Waals surface area contributed by atoms with Crippen molar-refractivity contribution in [1.29, 1.82) is 0 Å². The predicted molar refractivity (Wildman–Crippen MR) is 62.1 cm³/mol. The van der Waals surface area contributed by atoms with Gasteiger partial charge in [0.15, 0.2) is 0 Å². The Labute approximate surface area is 96.4 Å². The van der Waals surface area contributed by atoms with Crippen molar-refractivity contribution in [3.63, 3.8) is 0 Å². The topological polar surface area (TPSA) is 51.6 Å². The minimum absolute atomic E-state index is 0.0595. The Balaban J connectivity index is 2.12. The molecular formula is C12H20N2O2. The van der Waals surface area contributed by atoms with Crippen LogP contribution in [0.1, 0.15) is 25.1 Å². The largest absolute Gasteiger partial charge is 0.468 e.